The summed E-state index contributed by atoms with van der Waals surface area (Å²) in [4.78, 5) is 4.53. The molecule has 0 fully saturated rings. The van der Waals surface area contributed by atoms with Crippen LogP contribution in [0.3, 0.4) is 0 Å². The van der Waals surface area contributed by atoms with Crippen molar-refractivity contribution in [1.29, 1.82) is 0 Å². The van der Waals surface area contributed by atoms with E-state index in [4.69, 9.17) is 0 Å². The van der Waals surface area contributed by atoms with Gasteiger partial charge in [-0.25, -0.2) is 13.8 Å². The van der Waals surface area contributed by atoms with Crippen molar-refractivity contribution in [3.8, 4) is 0 Å². The van der Waals surface area contributed by atoms with Crippen molar-refractivity contribution in [3.05, 3.63) is 70.8 Å². The Morgan fingerprint density at radius 1 is 1.26 bits per heavy atom. The molecule has 4 nitrogen and oxygen atoms in total. The number of halogens is 2. The van der Waals surface area contributed by atoms with E-state index in [1.165, 1.54) is 12.1 Å². The minimum atomic E-state index is -0.997. The van der Waals surface area contributed by atoms with Crippen LogP contribution >= 0.6 is 0 Å². The van der Waals surface area contributed by atoms with Crippen LogP contribution in [0.15, 0.2) is 47.5 Å². The van der Waals surface area contributed by atoms with Gasteiger partial charge in [0.05, 0.1) is 12.6 Å². The average Bonchev–Trinajstić information content (AvgIpc) is 2.98. The van der Waals surface area contributed by atoms with Gasteiger partial charge < -0.3 is 15.7 Å². The first-order valence-corrected chi connectivity index (χ1v) is 9.23. The molecule has 0 aromatic heterocycles. The van der Waals surface area contributed by atoms with Gasteiger partial charge in [0.1, 0.15) is 17.2 Å². The van der Waals surface area contributed by atoms with E-state index < -0.39 is 23.3 Å². The molecule has 1 aliphatic rings. The SMILES string of the molecule is CCNC(=NCC1(O)CCc2ccccc21)NC(C)c1ccc(F)cc1F. The van der Waals surface area contributed by atoms with Crippen molar-refractivity contribution in [2.45, 2.75) is 38.3 Å². The molecule has 0 spiro atoms. The number of aliphatic imine (C=N–C) groups is 1. The molecular weight excluding hydrogens is 348 g/mol. The summed E-state index contributed by atoms with van der Waals surface area (Å²) in [6.45, 7) is 4.54. The minimum absolute atomic E-state index is 0.206. The van der Waals surface area contributed by atoms with Gasteiger partial charge in [-0.3, -0.25) is 0 Å². The maximum absolute atomic E-state index is 14.0. The Kier molecular flexibility index (Phi) is 5.75. The molecule has 6 heteroatoms. The normalized spacial score (nSPS) is 20.3. The third kappa shape index (κ3) is 4.27. The van der Waals surface area contributed by atoms with Crippen LogP contribution in [0.25, 0.3) is 0 Å². The molecule has 2 atom stereocenters. The lowest BCUT2D eigenvalue weighted by atomic mass is 9.96. The van der Waals surface area contributed by atoms with Crippen molar-refractivity contribution in [2.24, 2.45) is 4.99 Å². The van der Waals surface area contributed by atoms with Crippen molar-refractivity contribution in [2.75, 3.05) is 13.1 Å². The van der Waals surface area contributed by atoms with Gasteiger partial charge in [-0.05, 0) is 43.9 Å². The third-order valence-corrected chi connectivity index (χ3v) is 4.95. The monoisotopic (exact) mass is 373 g/mol. The molecule has 2 aromatic carbocycles. The topological polar surface area (TPSA) is 56.7 Å². The van der Waals surface area contributed by atoms with Gasteiger partial charge >= 0.3 is 0 Å². The standard InChI is InChI=1S/C21H25F2N3O/c1-3-24-20(26-14(2)17-9-8-16(22)12-19(17)23)25-13-21(27)11-10-15-6-4-5-7-18(15)21/h4-9,12,14,27H,3,10-11,13H2,1-2H3,(H2,24,25,26). The van der Waals surface area contributed by atoms with E-state index in [0.717, 1.165) is 23.6 Å². The summed E-state index contributed by atoms with van der Waals surface area (Å²) in [7, 11) is 0. The summed E-state index contributed by atoms with van der Waals surface area (Å²) < 4.78 is 27.1. The fourth-order valence-corrected chi connectivity index (χ4v) is 3.50. The number of hydrogen-bond donors (Lipinski definition) is 3. The van der Waals surface area contributed by atoms with Crippen molar-refractivity contribution in [1.82, 2.24) is 10.6 Å². The first kappa shape index (κ1) is 19.3. The predicted molar refractivity (Wildman–Crippen MR) is 103 cm³/mol. The smallest absolute Gasteiger partial charge is 0.191 e. The Labute approximate surface area is 158 Å². The average molecular weight is 373 g/mol. The molecule has 0 saturated heterocycles. The molecule has 144 valence electrons. The van der Waals surface area contributed by atoms with Crippen LogP contribution in [0.2, 0.25) is 0 Å². The molecule has 0 aliphatic heterocycles. The first-order chi connectivity index (χ1) is 12.9. The van der Waals surface area contributed by atoms with Gasteiger partial charge in [0, 0.05) is 18.2 Å². The Bertz CT molecular complexity index is 840. The van der Waals surface area contributed by atoms with E-state index in [9.17, 15) is 13.9 Å². The molecule has 2 aromatic rings. The highest BCUT2D eigenvalue weighted by atomic mass is 19.1. The third-order valence-electron chi connectivity index (χ3n) is 4.95. The molecule has 1 aliphatic carbocycles. The molecule has 0 bridgehead atoms. The van der Waals surface area contributed by atoms with E-state index in [-0.39, 0.29) is 6.54 Å². The van der Waals surface area contributed by atoms with Crippen LogP contribution in [-0.2, 0) is 12.0 Å². The fourth-order valence-electron chi connectivity index (χ4n) is 3.50. The van der Waals surface area contributed by atoms with Crippen LogP contribution in [-0.4, -0.2) is 24.2 Å². The highest BCUT2D eigenvalue weighted by Crippen LogP contribution is 2.36. The summed E-state index contributed by atoms with van der Waals surface area (Å²) >= 11 is 0. The summed E-state index contributed by atoms with van der Waals surface area (Å²) in [5.74, 6) is -0.730. The number of hydrogen-bond acceptors (Lipinski definition) is 2. The molecule has 0 heterocycles. The number of aryl methyl sites for hydroxylation is 1. The zero-order valence-corrected chi connectivity index (χ0v) is 15.6. The molecule has 3 rings (SSSR count). The fraction of sp³-hybridized carbons (Fsp3) is 0.381. The summed E-state index contributed by atoms with van der Waals surface area (Å²) in [6.07, 6.45) is 1.45. The summed E-state index contributed by atoms with van der Waals surface area (Å²) in [5, 5.41) is 17.3. The minimum Gasteiger partial charge on any atom is -0.383 e. The number of guanidine groups is 1. The number of benzene rings is 2. The molecule has 0 amide bonds. The highest BCUT2D eigenvalue weighted by molar-refractivity contribution is 5.80. The lowest BCUT2D eigenvalue weighted by molar-refractivity contribution is 0.0485. The van der Waals surface area contributed by atoms with Crippen LogP contribution in [0.5, 0.6) is 0 Å². The van der Waals surface area contributed by atoms with Gasteiger partial charge in [-0.1, -0.05) is 30.3 Å². The molecule has 0 radical (unpaired) electrons. The van der Waals surface area contributed by atoms with Gasteiger partial charge in [-0.15, -0.1) is 0 Å². The zero-order valence-electron chi connectivity index (χ0n) is 15.6. The van der Waals surface area contributed by atoms with Crippen LogP contribution < -0.4 is 10.6 Å². The Hall–Kier alpha value is -2.47. The van der Waals surface area contributed by atoms with Gasteiger partial charge in [0.15, 0.2) is 5.96 Å². The van der Waals surface area contributed by atoms with Gasteiger partial charge in [0.25, 0.3) is 0 Å². The maximum atomic E-state index is 14.0. The molecule has 0 saturated carbocycles. The number of fused-ring (bicyclic) bond motifs is 1. The van der Waals surface area contributed by atoms with Crippen LogP contribution in [0.1, 0.15) is 43.0 Å². The summed E-state index contributed by atoms with van der Waals surface area (Å²) in [5.41, 5.74) is 1.42. The van der Waals surface area contributed by atoms with E-state index in [1.807, 2.05) is 31.2 Å². The van der Waals surface area contributed by atoms with Crippen molar-refractivity contribution in [3.63, 3.8) is 0 Å². The van der Waals surface area contributed by atoms with E-state index in [1.54, 1.807) is 6.92 Å². The van der Waals surface area contributed by atoms with Gasteiger partial charge in [-0.2, -0.15) is 0 Å². The molecule has 27 heavy (non-hydrogen) atoms. The van der Waals surface area contributed by atoms with Crippen molar-refractivity contribution >= 4 is 5.96 Å². The summed E-state index contributed by atoms with van der Waals surface area (Å²) in [6, 6.07) is 11.0. The largest absolute Gasteiger partial charge is 0.383 e. The Balaban J connectivity index is 1.75. The van der Waals surface area contributed by atoms with Crippen LogP contribution in [0, 0.1) is 11.6 Å². The number of nitrogens with one attached hydrogen (secondary N) is 2. The Morgan fingerprint density at radius 2 is 2.04 bits per heavy atom. The first-order valence-electron chi connectivity index (χ1n) is 9.23. The van der Waals surface area contributed by atoms with E-state index in [0.29, 0.717) is 24.5 Å². The second-order valence-electron chi connectivity index (χ2n) is 6.92. The molecule has 2 unspecified atom stereocenters. The lowest BCUT2D eigenvalue weighted by Crippen LogP contribution is -2.40. The molecular formula is C21H25F2N3O. The van der Waals surface area contributed by atoms with Gasteiger partial charge in [0.2, 0.25) is 0 Å². The number of aliphatic hydroxyl groups is 1. The highest BCUT2D eigenvalue weighted by Gasteiger charge is 2.36. The lowest BCUT2D eigenvalue weighted by Gasteiger charge is -2.24. The maximum Gasteiger partial charge on any atom is 0.191 e. The quantitative estimate of drug-likeness (QED) is 0.556. The number of rotatable bonds is 5. The van der Waals surface area contributed by atoms with Crippen molar-refractivity contribution < 1.29 is 13.9 Å². The zero-order chi connectivity index (χ0) is 19.4. The predicted octanol–water partition coefficient (Wildman–Crippen LogP) is 3.41. The van der Waals surface area contributed by atoms with E-state index >= 15 is 0 Å². The van der Waals surface area contributed by atoms with E-state index in [2.05, 4.69) is 15.6 Å². The second kappa shape index (κ2) is 8.05. The van der Waals surface area contributed by atoms with Crippen LogP contribution in [0.4, 0.5) is 8.78 Å². The number of nitrogens with zero attached hydrogens (tertiary/aromatic N) is 1. The Morgan fingerprint density at radius 3 is 2.78 bits per heavy atom. The molecule has 3 N–H and O–H groups in total. The second-order valence-corrected chi connectivity index (χ2v) is 6.92.